The Morgan fingerprint density at radius 2 is 2.60 bits per heavy atom. The van der Waals surface area contributed by atoms with Crippen LogP contribution in [0.25, 0.3) is 0 Å². The summed E-state index contributed by atoms with van der Waals surface area (Å²) in [5.74, 6) is -0.200. The zero-order valence-electron chi connectivity index (χ0n) is 5.57. The lowest BCUT2D eigenvalue weighted by Gasteiger charge is -1.96. The molecule has 0 saturated carbocycles. The van der Waals surface area contributed by atoms with Crippen molar-refractivity contribution in [3.63, 3.8) is 0 Å². The second-order valence-corrected chi connectivity index (χ2v) is 2.04. The number of aromatic nitrogens is 1. The van der Waals surface area contributed by atoms with Gasteiger partial charge in [-0.3, -0.25) is 4.79 Å². The predicted molar refractivity (Wildman–Crippen MR) is 34.5 cm³/mol. The molecule has 0 saturated heterocycles. The van der Waals surface area contributed by atoms with Gasteiger partial charge in [-0.25, -0.2) is 0 Å². The maximum Gasteiger partial charge on any atom is 0.201 e. The number of ketones is 1. The molecule has 0 aromatic carbocycles. The van der Waals surface area contributed by atoms with Crippen molar-refractivity contribution in [1.82, 2.24) is 5.16 Å². The lowest BCUT2D eigenvalue weighted by molar-refractivity contribution is 0.0959. The van der Waals surface area contributed by atoms with Gasteiger partial charge in [0.15, 0.2) is 5.69 Å². The summed E-state index contributed by atoms with van der Waals surface area (Å²) < 4.78 is 4.46. The third kappa shape index (κ3) is 1.22. The van der Waals surface area contributed by atoms with Gasteiger partial charge in [-0.2, -0.15) is 0 Å². The van der Waals surface area contributed by atoms with Crippen molar-refractivity contribution in [1.29, 1.82) is 0 Å². The summed E-state index contributed by atoms with van der Waals surface area (Å²) in [4.78, 5) is 11.0. The minimum Gasteiger partial charge on any atom is -0.364 e. The van der Waals surface area contributed by atoms with E-state index in [1.165, 1.54) is 12.3 Å². The van der Waals surface area contributed by atoms with E-state index >= 15 is 0 Å². The molecule has 0 spiro atoms. The van der Waals surface area contributed by atoms with Crippen molar-refractivity contribution in [3.8, 4) is 0 Å². The number of rotatable bonds is 2. The van der Waals surface area contributed by atoms with Crippen LogP contribution >= 0.6 is 0 Å². The molecule has 1 aromatic rings. The van der Waals surface area contributed by atoms with Crippen LogP contribution in [0.3, 0.4) is 0 Å². The normalized spacial score (nSPS) is 13.0. The lowest BCUT2D eigenvalue weighted by Crippen LogP contribution is -2.26. The van der Waals surface area contributed by atoms with Crippen LogP contribution in [0.5, 0.6) is 0 Å². The molecule has 4 nitrogen and oxygen atoms in total. The van der Waals surface area contributed by atoms with Crippen LogP contribution in [0.15, 0.2) is 16.9 Å². The molecule has 1 rings (SSSR count). The van der Waals surface area contributed by atoms with Crippen LogP contribution in [-0.2, 0) is 0 Å². The predicted octanol–water partition coefficient (Wildman–Crippen LogP) is 0.205. The summed E-state index contributed by atoms with van der Waals surface area (Å²) in [6, 6.07) is 0.983. The maximum atomic E-state index is 11.0. The van der Waals surface area contributed by atoms with Crippen molar-refractivity contribution in [2.75, 3.05) is 0 Å². The maximum absolute atomic E-state index is 11.0. The fraction of sp³-hybridized carbons (Fsp3) is 0.333. The number of Topliss-reactive ketones (excluding diaryl/α,β-unsaturated/α-hetero) is 1. The van der Waals surface area contributed by atoms with E-state index in [4.69, 9.17) is 5.73 Å². The minimum atomic E-state index is -0.509. The summed E-state index contributed by atoms with van der Waals surface area (Å²) >= 11 is 0. The van der Waals surface area contributed by atoms with Gasteiger partial charge in [0, 0.05) is 6.07 Å². The Bertz CT molecular complexity index is 216. The summed E-state index contributed by atoms with van der Waals surface area (Å²) in [7, 11) is 0. The fourth-order valence-corrected chi connectivity index (χ4v) is 0.573. The number of carbonyl (C=O) groups excluding carboxylic acids is 1. The molecule has 1 aromatic heterocycles. The smallest absolute Gasteiger partial charge is 0.201 e. The molecular formula is C6H8N2O2. The highest BCUT2D eigenvalue weighted by molar-refractivity contribution is 5.97. The number of hydrogen-bond acceptors (Lipinski definition) is 4. The Balaban J connectivity index is 2.78. The van der Waals surface area contributed by atoms with E-state index in [1.807, 2.05) is 0 Å². The summed E-state index contributed by atoms with van der Waals surface area (Å²) in [5.41, 5.74) is 5.58. The molecule has 10 heavy (non-hydrogen) atoms. The SMILES string of the molecule is CC(N)C(=O)c1ccon1. The Hall–Kier alpha value is -1.16. The highest BCUT2D eigenvalue weighted by atomic mass is 16.5. The van der Waals surface area contributed by atoms with E-state index in [-0.39, 0.29) is 11.5 Å². The molecule has 54 valence electrons. The first-order valence-electron chi connectivity index (χ1n) is 2.92. The molecule has 1 unspecified atom stereocenters. The number of nitrogens with zero attached hydrogens (tertiary/aromatic N) is 1. The molecule has 1 heterocycles. The summed E-state index contributed by atoms with van der Waals surface area (Å²) in [6.07, 6.45) is 1.34. The second-order valence-electron chi connectivity index (χ2n) is 2.04. The molecule has 0 amide bonds. The van der Waals surface area contributed by atoms with Crippen molar-refractivity contribution in [3.05, 3.63) is 18.0 Å². The van der Waals surface area contributed by atoms with Gasteiger partial charge in [-0.05, 0) is 6.92 Å². The van der Waals surface area contributed by atoms with E-state index in [0.29, 0.717) is 0 Å². The molecule has 0 fully saturated rings. The van der Waals surface area contributed by atoms with E-state index in [1.54, 1.807) is 6.92 Å². The molecule has 1 atom stereocenters. The summed E-state index contributed by atoms with van der Waals surface area (Å²) in [5, 5.41) is 3.43. The molecular weight excluding hydrogens is 132 g/mol. The molecule has 4 heteroatoms. The van der Waals surface area contributed by atoms with E-state index < -0.39 is 6.04 Å². The van der Waals surface area contributed by atoms with E-state index in [0.717, 1.165) is 0 Å². The monoisotopic (exact) mass is 140 g/mol. The summed E-state index contributed by atoms with van der Waals surface area (Å²) in [6.45, 7) is 1.61. The molecule has 0 radical (unpaired) electrons. The Morgan fingerprint density at radius 1 is 1.90 bits per heavy atom. The third-order valence-corrected chi connectivity index (χ3v) is 1.10. The van der Waals surface area contributed by atoms with Gasteiger partial charge in [0.05, 0.1) is 6.04 Å². The zero-order chi connectivity index (χ0) is 7.56. The Kier molecular flexibility index (Phi) is 1.82. The van der Waals surface area contributed by atoms with Gasteiger partial charge >= 0.3 is 0 Å². The largest absolute Gasteiger partial charge is 0.364 e. The van der Waals surface area contributed by atoms with Gasteiger partial charge < -0.3 is 10.3 Å². The van der Waals surface area contributed by atoms with Crippen LogP contribution < -0.4 is 5.73 Å². The van der Waals surface area contributed by atoms with Crippen molar-refractivity contribution >= 4 is 5.78 Å². The minimum absolute atomic E-state index is 0.200. The lowest BCUT2D eigenvalue weighted by atomic mass is 10.2. The molecule has 0 aliphatic carbocycles. The molecule has 0 bridgehead atoms. The molecule has 0 aliphatic heterocycles. The van der Waals surface area contributed by atoms with Gasteiger partial charge in [0.2, 0.25) is 5.78 Å². The van der Waals surface area contributed by atoms with Gasteiger partial charge in [0.25, 0.3) is 0 Å². The number of nitrogens with two attached hydrogens (primary N) is 1. The third-order valence-electron chi connectivity index (χ3n) is 1.10. The fourth-order valence-electron chi connectivity index (χ4n) is 0.573. The van der Waals surface area contributed by atoms with Crippen LogP contribution in [0.2, 0.25) is 0 Å². The molecule has 2 N–H and O–H groups in total. The first kappa shape index (κ1) is 6.95. The zero-order valence-corrected chi connectivity index (χ0v) is 5.57. The van der Waals surface area contributed by atoms with Gasteiger partial charge in [-0.1, -0.05) is 5.16 Å². The molecule has 0 aliphatic rings. The van der Waals surface area contributed by atoms with Crippen LogP contribution in [-0.4, -0.2) is 17.0 Å². The first-order valence-corrected chi connectivity index (χ1v) is 2.92. The van der Waals surface area contributed by atoms with E-state index in [9.17, 15) is 4.79 Å². The highest BCUT2D eigenvalue weighted by Crippen LogP contribution is 1.97. The van der Waals surface area contributed by atoms with Crippen molar-refractivity contribution < 1.29 is 9.32 Å². The van der Waals surface area contributed by atoms with Crippen LogP contribution in [0.4, 0.5) is 0 Å². The number of carbonyl (C=O) groups is 1. The quantitative estimate of drug-likeness (QED) is 0.596. The van der Waals surface area contributed by atoms with Crippen LogP contribution in [0, 0.1) is 0 Å². The van der Waals surface area contributed by atoms with Crippen LogP contribution in [0.1, 0.15) is 17.4 Å². The topological polar surface area (TPSA) is 69.1 Å². The standard InChI is InChI=1S/C6H8N2O2/c1-4(7)6(9)5-2-3-10-8-5/h2-4H,7H2,1H3. The van der Waals surface area contributed by atoms with Gasteiger partial charge in [-0.15, -0.1) is 0 Å². The van der Waals surface area contributed by atoms with Gasteiger partial charge in [0.1, 0.15) is 6.26 Å². The van der Waals surface area contributed by atoms with Crippen molar-refractivity contribution in [2.45, 2.75) is 13.0 Å². The highest BCUT2D eigenvalue weighted by Gasteiger charge is 2.12. The Labute approximate surface area is 58.0 Å². The van der Waals surface area contributed by atoms with E-state index in [2.05, 4.69) is 9.68 Å². The Morgan fingerprint density at radius 3 is 3.00 bits per heavy atom. The number of hydrogen-bond donors (Lipinski definition) is 1. The average Bonchev–Trinajstić information content (AvgIpc) is 2.36. The average molecular weight is 140 g/mol. The first-order chi connectivity index (χ1) is 4.72. The van der Waals surface area contributed by atoms with Crippen molar-refractivity contribution in [2.24, 2.45) is 5.73 Å². The second kappa shape index (κ2) is 2.62.